The number of carboxylic acids is 1. The third-order valence-corrected chi connectivity index (χ3v) is 14.9. The highest BCUT2D eigenvalue weighted by Crippen LogP contribution is 2.19. The molecule has 0 bridgehead atoms. The van der Waals surface area contributed by atoms with Gasteiger partial charge in [0.05, 0.1) is 34.4 Å². The normalized spacial score (nSPS) is 12.9. The van der Waals surface area contributed by atoms with Gasteiger partial charge in [-0.15, -0.1) is 0 Å². The molecular weight excluding hydrogens is 959 g/mol. The van der Waals surface area contributed by atoms with Crippen molar-refractivity contribution in [2.24, 2.45) is 0 Å². The Morgan fingerprint density at radius 1 is 0.403 bits per heavy atom. The van der Waals surface area contributed by atoms with Crippen LogP contribution in [0.5, 0.6) is 0 Å². The number of ether oxygens (including phenoxy) is 4. The number of quaternary nitrogens is 1. The van der Waals surface area contributed by atoms with Crippen LogP contribution in [0.3, 0.4) is 0 Å². The maximum atomic E-state index is 12.9. The van der Waals surface area contributed by atoms with E-state index in [0.717, 1.165) is 64.2 Å². The molecule has 0 aromatic carbocycles. The number of carboxylic acid groups (broad SMARTS) is 1. The number of hydrogen-bond acceptors (Lipinski definition) is 7. The average Bonchev–Trinajstić information content (AvgIpc) is 3.40. The van der Waals surface area contributed by atoms with Gasteiger partial charge in [0, 0.05) is 12.8 Å². The summed E-state index contributed by atoms with van der Waals surface area (Å²) in [6, 6.07) is 0. The van der Waals surface area contributed by atoms with Crippen molar-refractivity contribution in [3.63, 3.8) is 0 Å². The lowest BCUT2D eigenvalue weighted by atomic mass is 10.0. The highest BCUT2D eigenvalue weighted by atomic mass is 16.7. The van der Waals surface area contributed by atoms with E-state index < -0.39 is 24.3 Å². The van der Waals surface area contributed by atoms with Crippen LogP contribution in [0.1, 0.15) is 322 Å². The minimum Gasteiger partial charge on any atom is -0.477 e. The smallest absolute Gasteiger partial charge is 0.361 e. The van der Waals surface area contributed by atoms with E-state index in [4.69, 9.17) is 18.9 Å². The second kappa shape index (κ2) is 59.6. The van der Waals surface area contributed by atoms with E-state index in [1.54, 1.807) is 0 Å². The van der Waals surface area contributed by atoms with Gasteiger partial charge in [-0.1, -0.05) is 301 Å². The van der Waals surface area contributed by atoms with Gasteiger partial charge in [-0.2, -0.15) is 0 Å². The second-order valence-corrected chi connectivity index (χ2v) is 23.8. The Hall–Kier alpha value is -2.49. The van der Waals surface area contributed by atoms with Gasteiger partial charge in [-0.05, 0) is 44.9 Å². The fourth-order valence-electron chi connectivity index (χ4n) is 9.86. The molecule has 0 aliphatic rings. The predicted molar refractivity (Wildman–Crippen MR) is 327 cm³/mol. The van der Waals surface area contributed by atoms with Gasteiger partial charge in [0.25, 0.3) is 6.29 Å². The molecule has 9 heteroatoms. The maximum Gasteiger partial charge on any atom is 0.361 e. The molecule has 1 N–H and O–H groups in total. The molecule has 0 heterocycles. The van der Waals surface area contributed by atoms with Gasteiger partial charge in [0.2, 0.25) is 0 Å². The van der Waals surface area contributed by atoms with Gasteiger partial charge in [-0.3, -0.25) is 9.59 Å². The van der Waals surface area contributed by atoms with Crippen LogP contribution in [0.15, 0.2) is 36.5 Å². The molecule has 2 unspecified atom stereocenters. The number of nitrogens with zero attached hydrogens (tertiary/aromatic N) is 1. The number of hydrogen-bond donors (Lipinski definition) is 1. The summed E-state index contributed by atoms with van der Waals surface area (Å²) in [6.07, 6.45) is 71.3. The Kier molecular flexibility index (Phi) is 57.7. The van der Waals surface area contributed by atoms with E-state index in [1.165, 1.54) is 225 Å². The van der Waals surface area contributed by atoms with Gasteiger partial charge in [-0.25, -0.2) is 4.79 Å². The molecule has 0 spiro atoms. The molecule has 0 saturated heterocycles. The number of unbranched alkanes of at least 4 members (excludes halogenated alkanes) is 41. The molecule has 9 nitrogen and oxygen atoms in total. The molecule has 0 saturated carbocycles. The summed E-state index contributed by atoms with van der Waals surface area (Å²) < 4.78 is 22.9. The van der Waals surface area contributed by atoms with Crippen molar-refractivity contribution in [3.05, 3.63) is 36.5 Å². The maximum absolute atomic E-state index is 12.9. The summed E-state index contributed by atoms with van der Waals surface area (Å²) in [5.41, 5.74) is 0. The highest BCUT2D eigenvalue weighted by molar-refractivity contribution is 5.71. The van der Waals surface area contributed by atoms with Gasteiger partial charge >= 0.3 is 17.9 Å². The average molecular weight is 1090 g/mol. The zero-order chi connectivity index (χ0) is 56.2. The first kappa shape index (κ1) is 74.5. The van der Waals surface area contributed by atoms with Crippen molar-refractivity contribution in [2.45, 2.75) is 334 Å². The van der Waals surface area contributed by atoms with Crippen LogP contribution in [-0.2, 0) is 33.3 Å². The van der Waals surface area contributed by atoms with Gasteiger partial charge in [0.1, 0.15) is 13.2 Å². The monoisotopic (exact) mass is 1090 g/mol. The molecule has 0 radical (unpaired) electrons. The quantitative estimate of drug-likeness (QED) is 0.0211. The van der Waals surface area contributed by atoms with Crippen molar-refractivity contribution in [2.75, 3.05) is 47.5 Å². The number of carbonyl (C=O) groups excluding carboxylic acids is 2. The largest absolute Gasteiger partial charge is 0.477 e. The number of rotatable bonds is 62. The lowest BCUT2D eigenvalue weighted by molar-refractivity contribution is -0.870. The number of esters is 2. The Labute approximate surface area is 477 Å². The molecule has 0 fully saturated rings. The summed E-state index contributed by atoms with van der Waals surface area (Å²) in [7, 11) is 5.97. The van der Waals surface area contributed by atoms with Gasteiger partial charge < -0.3 is 28.5 Å². The van der Waals surface area contributed by atoms with Gasteiger partial charge in [0.15, 0.2) is 6.10 Å². The number of likely N-dealkylation sites (N-methyl/N-ethyl adjacent to an activating group) is 1. The van der Waals surface area contributed by atoms with Crippen LogP contribution >= 0.6 is 0 Å². The van der Waals surface area contributed by atoms with Crippen molar-refractivity contribution in [1.82, 2.24) is 0 Å². The lowest BCUT2D eigenvalue weighted by Crippen LogP contribution is -2.40. The molecule has 452 valence electrons. The Morgan fingerprint density at radius 2 is 0.740 bits per heavy atom. The number of allylic oxidation sites excluding steroid dienone is 6. The lowest BCUT2D eigenvalue weighted by Gasteiger charge is -2.25. The minimum absolute atomic E-state index is 0.183. The SMILES string of the molecule is CC/C=C\C/C=C\C/C=C\CCCCCCCCCC(=O)OC(COC(=O)CCCCCCCCCCCCCCCCCCCCCCCCCCCCCCCCCCCCC)COC(OCC[N+](C)(C)C)C(=O)O. The molecule has 0 aliphatic carbocycles. The first-order chi connectivity index (χ1) is 37.6. The summed E-state index contributed by atoms with van der Waals surface area (Å²) in [5, 5.41) is 9.71. The summed E-state index contributed by atoms with van der Waals surface area (Å²) >= 11 is 0. The van der Waals surface area contributed by atoms with Crippen LogP contribution in [0, 0.1) is 0 Å². The van der Waals surface area contributed by atoms with E-state index >= 15 is 0 Å². The topological polar surface area (TPSA) is 108 Å². The fourth-order valence-corrected chi connectivity index (χ4v) is 9.86. The molecular formula is C68H128NO8+. The standard InChI is InChI=1S/C68H127NO8/c1-6-8-10-12-14-16-18-20-22-24-25-26-27-28-29-30-31-32-33-34-35-36-37-38-39-40-41-43-44-46-48-50-52-54-56-58-65(70)75-62-64(63-76-68(67(72)73)74-61-60-69(3,4)5)77-66(71)59-57-55-53-51-49-47-45-42-23-21-19-17-15-13-11-9-7-2/h9,11,15,17,21,23,64,68H,6-8,10,12-14,16,18-20,22,24-63H2,1-5H3/p+1/b11-9-,17-15-,23-21-. The first-order valence-electron chi connectivity index (χ1n) is 33.2. The predicted octanol–water partition coefficient (Wildman–Crippen LogP) is 20.0. The molecule has 0 aromatic rings. The summed E-state index contributed by atoms with van der Waals surface area (Å²) in [5.74, 6) is -2.00. The summed E-state index contributed by atoms with van der Waals surface area (Å²) in [4.78, 5) is 37.5. The molecule has 0 aromatic heterocycles. The summed E-state index contributed by atoms with van der Waals surface area (Å²) in [6.45, 7) is 4.80. The molecule has 0 aliphatic heterocycles. The first-order valence-corrected chi connectivity index (χ1v) is 33.2. The third-order valence-electron chi connectivity index (χ3n) is 14.9. The van der Waals surface area contributed by atoms with E-state index in [2.05, 4.69) is 50.3 Å². The highest BCUT2D eigenvalue weighted by Gasteiger charge is 2.25. The van der Waals surface area contributed by atoms with E-state index in [0.29, 0.717) is 23.9 Å². The Bertz CT molecular complexity index is 1360. The third kappa shape index (κ3) is 61.0. The van der Waals surface area contributed by atoms with Crippen LogP contribution < -0.4 is 0 Å². The zero-order valence-electron chi connectivity index (χ0n) is 51.6. The zero-order valence-corrected chi connectivity index (χ0v) is 51.6. The van der Waals surface area contributed by atoms with E-state index in [-0.39, 0.29) is 32.2 Å². The number of carbonyl (C=O) groups is 3. The van der Waals surface area contributed by atoms with E-state index in [9.17, 15) is 19.5 Å². The van der Waals surface area contributed by atoms with Crippen LogP contribution in [-0.4, -0.2) is 87.4 Å². The fraction of sp³-hybridized carbons (Fsp3) is 0.868. The Balaban J connectivity index is 3.98. The minimum atomic E-state index is -1.51. The molecule has 0 rings (SSSR count). The van der Waals surface area contributed by atoms with Crippen molar-refractivity contribution < 1.29 is 42.9 Å². The van der Waals surface area contributed by atoms with E-state index in [1.807, 2.05) is 21.1 Å². The molecule has 0 amide bonds. The van der Waals surface area contributed by atoms with Crippen molar-refractivity contribution in [1.29, 1.82) is 0 Å². The second-order valence-electron chi connectivity index (χ2n) is 23.8. The van der Waals surface area contributed by atoms with Crippen LogP contribution in [0.25, 0.3) is 0 Å². The molecule has 77 heavy (non-hydrogen) atoms. The molecule has 2 atom stereocenters. The van der Waals surface area contributed by atoms with Crippen LogP contribution in [0.2, 0.25) is 0 Å². The van der Waals surface area contributed by atoms with Crippen molar-refractivity contribution >= 4 is 17.9 Å². The number of aliphatic carboxylic acids is 1. The van der Waals surface area contributed by atoms with Crippen molar-refractivity contribution in [3.8, 4) is 0 Å². The van der Waals surface area contributed by atoms with Crippen LogP contribution in [0.4, 0.5) is 0 Å². The Morgan fingerprint density at radius 3 is 1.10 bits per heavy atom.